The van der Waals surface area contributed by atoms with E-state index in [9.17, 15) is 4.39 Å². The summed E-state index contributed by atoms with van der Waals surface area (Å²) in [6.45, 7) is 3.41. The Balaban J connectivity index is 0.00000264. The van der Waals surface area contributed by atoms with E-state index in [4.69, 9.17) is 0 Å². The normalized spacial score (nSPS) is 11.0. The summed E-state index contributed by atoms with van der Waals surface area (Å²) in [6.07, 6.45) is 1.48. The molecule has 0 atom stereocenters. The standard InChI is InChI=1S/C16H21FN4S.HI/c1-12-21-14(11-22-12)8-10-20-16(18-2)19-9-7-13-5-3-4-6-15(13)17;/h3-6,11H,7-10H2,1-2H3,(H2,18,19,20);1H. The molecule has 126 valence electrons. The molecule has 7 heteroatoms. The second-order valence-electron chi connectivity index (χ2n) is 4.88. The summed E-state index contributed by atoms with van der Waals surface area (Å²) >= 11 is 1.66. The number of aliphatic imine (C=N–C) groups is 1. The quantitative estimate of drug-likeness (QED) is 0.406. The number of hydrogen-bond donors (Lipinski definition) is 2. The predicted molar refractivity (Wildman–Crippen MR) is 105 cm³/mol. The molecular formula is C16H22FIN4S. The molecule has 0 amide bonds. The lowest BCUT2D eigenvalue weighted by molar-refractivity contribution is 0.606. The molecule has 0 aliphatic rings. The van der Waals surface area contributed by atoms with Crippen molar-refractivity contribution in [3.63, 3.8) is 0 Å². The molecule has 2 N–H and O–H groups in total. The number of hydrogen-bond acceptors (Lipinski definition) is 3. The Hall–Kier alpha value is -1.22. The van der Waals surface area contributed by atoms with Crippen molar-refractivity contribution in [1.29, 1.82) is 0 Å². The van der Waals surface area contributed by atoms with Gasteiger partial charge in [-0.1, -0.05) is 18.2 Å². The Bertz CT molecular complexity index is 630. The minimum Gasteiger partial charge on any atom is -0.356 e. The van der Waals surface area contributed by atoms with Crippen LogP contribution in [0.1, 0.15) is 16.3 Å². The van der Waals surface area contributed by atoms with Gasteiger partial charge in [0, 0.05) is 31.9 Å². The van der Waals surface area contributed by atoms with Gasteiger partial charge >= 0.3 is 0 Å². The molecule has 0 radical (unpaired) electrons. The van der Waals surface area contributed by atoms with Crippen molar-refractivity contribution in [2.75, 3.05) is 20.1 Å². The molecule has 1 heterocycles. The van der Waals surface area contributed by atoms with E-state index in [1.54, 1.807) is 30.5 Å². The summed E-state index contributed by atoms with van der Waals surface area (Å²) in [7, 11) is 1.73. The zero-order valence-corrected chi connectivity index (χ0v) is 16.5. The lowest BCUT2D eigenvalue weighted by atomic mass is 10.1. The van der Waals surface area contributed by atoms with Gasteiger partial charge < -0.3 is 10.6 Å². The fraction of sp³-hybridized carbons (Fsp3) is 0.375. The van der Waals surface area contributed by atoms with Crippen LogP contribution in [-0.4, -0.2) is 31.1 Å². The SMILES string of the molecule is CN=C(NCCc1csc(C)n1)NCCc1ccccc1F.I. The third-order valence-corrected chi connectivity index (χ3v) is 4.03. The Morgan fingerprint density at radius 3 is 2.52 bits per heavy atom. The molecule has 0 fully saturated rings. The zero-order chi connectivity index (χ0) is 15.8. The van der Waals surface area contributed by atoms with E-state index < -0.39 is 0 Å². The fourth-order valence-electron chi connectivity index (χ4n) is 2.07. The van der Waals surface area contributed by atoms with Crippen LogP contribution in [0.3, 0.4) is 0 Å². The first-order chi connectivity index (χ1) is 10.7. The average Bonchev–Trinajstić information content (AvgIpc) is 2.93. The van der Waals surface area contributed by atoms with E-state index in [0.717, 1.165) is 29.6 Å². The summed E-state index contributed by atoms with van der Waals surface area (Å²) < 4.78 is 13.5. The number of benzene rings is 1. The van der Waals surface area contributed by atoms with Crippen LogP contribution in [0, 0.1) is 12.7 Å². The van der Waals surface area contributed by atoms with Crippen LogP contribution in [0.4, 0.5) is 4.39 Å². The number of aryl methyl sites for hydroxylation is 1. The maximum absolute atomic E-state index is 13.5. The molecule has 1 aromatic heterocycles. The van der Waals surface area contributed by atoms with Crippen LogP contribution in [0.25, 0.3) is 0 Å². The van der Waals surface area contributed by atoms with Gasteiger partial charge in [0.15, 0.2) is 5.96 Å². The minimum atomic E-state index is -0.161. The number of aromatic nitrogens is 1. The summed E-state index contributed by atoms with van der Waals surface area (Å²) in [5.74, 6) is 0.564. The number of guanidine groups is 1. The topological polar surface area (TPSA) is 49.3 Å². The summed E-state index contributed by atoms with van der Waals surface area (Å²) in [5, 5.41) is 9.59. The van der Waals surface area contributed by atoms with Crippen LogP contribution in [0.15, 0.2) is 34.6 Å². The van der Waals surface area contributed by atoms with E-state index in [-0.39, 0.29) is 29.8 Å². The van der Waals surface area contributed by atoms with E-state index in [2.05, 4.69) is 26.0 Å². The Morgan fingerprint density at radius 2 is 1.91 bits per heavy atom. The highest BCUT2D eigenvalue weighted by Gasteiger charge is 2.02. The van der Waals surface area contributed by atoms with E-state index in [1.807, 2.05) is 13.0 Å². The molecule has 4 nitrogen and oxygen atoms in total. The first-order valence-electron chi connectivity index (χ1n) is 7.28. The number of rotatable bonds is 6. The smallest absolute Gasteiger partial charge is 0.190 e. The molecule has 2 aromatic rings. The molecular weight excluding hydrogens is 426 g/mol. The van der Waals surface area contributed by atoms with Gasteiger partial charge in [-0.3, -0.25) is 4.99 Å². The summed E-state index contributed by atoms with van der Waals surface area (Å²) in [4.78, 5) is 8.58. The van der Waals surface area contributed by atoms with Gasteiger partial charge in [0.05, 0.1) is 10.7 Å². The van der Waals surface area contributed by atoms with Gasteiger partial charge in [0.2, 0.25) is 0 Å². The predicted octanol–water partition coefficient (Wildman–Crippen LogP) is 3.16. The maximum atomic E-state index is 13.5. The largest absolute Gasteiger partial charge is 0.356 e. The van der Waals surface area contributed by atoms with Gasteiger partial charge in [-0.05, 0) is 25.0 Å². The fourth-order valence-corrected chi connectivity index (χ4v) is 2.72. The van der Waals surface area contributed by atoms with Gasteiger partial charge in [-0.25, -0.2) is 9.37 Å². The van der Waals surface area contributed by atoms with Crippen LogP contribution < -0.4 is 10.6 Å². The van der Waals surface area contributed by atoms with Crippen molar-refractivity contribution < 1.29 is 4.39 Å². The van der Waals surface area contributed by atoms with Crippen LogP contribution in [-0.2, 0) is 12.8 Å². The van der Waals surface area contributed by atoms with Crippen molar-refractivity contribution in [1.82, 2.24) is 15.6 Å². The third-order valence-electron chi connectivity index (χ3n) is 3.21. The summed E-state index contributed by atoms with van der Waals surface area (Å²) in [5.41, 5.74) is 1.81. The number of thiazole rings is 1. The first kappa shape index (κ1) is 19.8. The van der Waals surface area contributed by atoms with Gasteiger partial charge in [-0.15, -0.1) is 35.3 Å². The Morgan fingerprint density at radius 1 is 1.22 bits per heavy atom. The molecule has 0 saturated heterocycles. The van der Waals surface area contributed by atoms with Gasteiger partial charge in [-0.2, -0.15) is 0 Å². The van der Waals surface area contributed by atoms with Crippen LogP contribution in [0.5, 0.6) is 0 Å². The highest BCUT2D eigenvalue weighted by atomic mass is 127. The molecule has 0 spiro atoms. The van der Waals surface area contributed by atoms with E-state index >= 15 is 0 Å². The molecule has 0 bridgehead atoms. The molecule has 23 heavy (non-hydrogen) atoms. The second kappa shape index (κ2) is 10.5. The highest BCUT2D eigenvalue weighted by Crippen LogP contribution is 2.08. The lowest BCUT2D eigenvalue weighted by Crippen LogP contribution is -2.39. The van der Waals surface area contributed by atoms with Gasteiger partial charge in [0.1, 0.15) is 5.82 Å². The van der Waals surface area contributed by atoms with Gasteiger partial charge in [0.25, 0.3) is 0 Å². The monoisotopic (exact) mass is 448 g/mol. The van der Waals surface area contributed by atoms with E-state index in [1.165, 1.54) is 6.07 Å². The maximum Gasteiger partial charge on any atom is 0.190 e. The molecule has 0 aliphatic carbocycles. The van der Waals surface area contributed by atoms with E-state index in [0.29, 0.717) is 18.5 Å². The molecule has 0 unspecified atom stereocenters. The third kappa shape index (κ3) is 6.82. The van der Waals surface area contributed by atoms with Crippen molar-refractivity contribution in [2.24, 2.45) is 4.99 Å². The molecule has 0 aliphatic heterocycles. The van der Waals surface area contributed by atoms with Crippen molar-refractivity contribution in [3.05, 3.63) is 51.7 Å². The number of nitrogens with one attached hydrogen (secondary N) is 2. The minimum absolute atomic E-state index is 0. The molecule has 1 aromatic carbocycles. The zero-order valence-electron chi connectivity index (χ0n) is 13.3. The first-order valence-corrected chi connectivity index (χ1v) is 8.16. The van der Waals surface area contributed by atoms with Crippen LogP contribution in [0.2, 0.25) is 0 Å². The molecule has 0 saturated carbocycles. The summed E-state index contributed by atoms with van der Waals surface area (Å²) in [6, 6.07) is 6.84. The van der Waals surface area contributed by atoms with Crippen LogP contribution >= 0.6 is 35.3 Å². The Kier molecular flexibility index (Phi) is 9.08. The average molecular weight is 448 g/mol. The number of nitrogens with zero attached hydrogens (tertiary/aromatic N) is 2. The lowest BCUT2D eigenvalue weighted by Gasteiger charge is -2.11. The van der Waals surface area contributed by atoms with Crippen molar-refractivity contribution >= 4 is 41.3 Å². The number of halogens is 2. The second-order valence-corrected chi connectivity index (χ2v) is 5.94. The van der Waals surface area contributed by atoms with Crippen molar-refractivity contribution in [2.45, 2.75) is 19.8 Å². The highest BCUT2D eigenvalue weighted by molar-refractivity contribution is 14.0. The molecule has 2 rings (SSSR count). The van der Waals surface area contributed by atoms with Crippen molar-refractivity contribution in [3.8, 4) is 0 Å². The Labute approximate surface area is 157 Å².